The van der Waals surface area contributed by atoms with Gasteiger partial charge in [0.2, 0.25) is 17.5 Å². The Hall–Kier alpha value is -8.82. The number of furan rings is 1. The molecule has 294 valence electrons. The van der Waals surface area contributed by atoms with Gasteiger partial charge >= 0.3 is 0 Å². The average molecular weight is 809 g/mol. The predicted molar refractivity (Wildman–Crippen MR) is 252 cm³/mol. The van der Waals surface area contributed by atoms with Crippen molar-refractivity contribution in [3.63, 3.8) is 0 Å². The monoisotopic (exact) mass is 808 g/mol. The minimum absolute atomic E-state index is 0.530. The zero-order valence-corrected chi connectivity index (χ0v) is 33.5. The molecule has 0 radical (unpaired) electrons. The van der Waals surface area contributed by atoms with Crippen LogP contribution in [0.5, 0.6) is 0 Å². The molecule has 6 heterocycles. The van der Waals surface area contributed by atoms with Crippen molar-refractivity contribution in [1.29, 1.82) is 0 Å². The lowest BCUT2D eigenvalue weighted by Crippen LogP contribution is -2.01. The molecule has 6 aromatic heterocycles. The molecular formula is C54H32N8O. The van der Waals surface area contributed by atoms with E-state index in [2.05, 4.69) is 170 Å². The number of imidazole rings is 4. The van der Waals surface area contributed by atoms with Crippen LogP contribution in [0.2, 0.25) is 0 Å². The van der Waals surface area contributed by atoms with Gasteiger partial charge in [0.15, 0.2) is 5.58 Å². The number of aromatic nitrogens is 8. The number of fused-ring (bicyclic) bond motifs is 13. The molecule has 0 aliphatic rings. The van der Waals surface area contributed by atoms with Crippen LogP contribution >= 0.6 is 0 Å². The summed E-state index contributed by atoms with van der Waals surface area (Å²) in [6.07, 6.45) is 1.76. The van der Waals surface area contributed by atoms with E-state index in [0.29, 0.717) is 11.5 Å². The molecule has 63 heavy (non-hydrogen) atoms. The van der Waals surface area contributed by atoms with Gasteiger partial charge in [-0.1, -0.05) is 115 Å². The Morgan fingerprint density at radius 2 is 0.905 bits per heavy atom. The van der Waals surface area contributed by atoms with Crippen LogP contribution in [0, 0.1) is 0 Å². The van der Waals surface area contributed by atoms with Gasteiger partial charge in [0.05, 0.1) is 50.3 Å². The first-order valence-corrected chi connectivity index (χ1v) is 21.0. The summed E-state index contributed by atoms with van der Waals surface area (Å²) in [7, 11) is 0. The van der Waals surface area contributed by atoms with Crippen LogP contribution in [0.3, 0.4) is 0 Å². The minimum atomic E-state index is 0.530. The summed E-state index contributed by atoms with van der Waals surface area (Å²) in [5, 5.41) is 0.949. The lowest BCUT2D eigenvalue weighted by molar-refractivity contribution is 0.665. The van der Waals surface area contributed by atoms with E-state index in [9.17, 15) is 0 Å². The Bertz CT molecular complexity index is 4150. The first-order valence-electron chi connectivity index (χ1n) is 21.0. The molecule has 0 atom stereocenters. The van der Waals surface area contributed by atoms with Crippen molar-refractivity contribution in [1.82, 2.24) is 37.9 Å². The summed E-state index contributed by atoms with van der Waals surface area (Å²) in [6, 6.07) is 66.0. The smallest absolute Gasteiger partial charge is 0.237 e. The van der Waals surface area contributed by atoms with Crippen molar-refractivity contribution >= 4 is 77.8 Å². The van der Waals surface area contributed by atoms with E-state index in [4.69, 9.17) is 24.4 Å². The van der Waals surface area contributed by atoms with Crippen molar-refractivity contribution in [3.8, 4) is 45.0 Å². The summed E-state index contributed by atoms with van der Waals surface area (Å²) in [4.78, 5) is 20.3. The van der Waals surface area contributed by atoms with Crippen LogP contribution in [0.1, 0.15) is 0 Å². The highest BCUT2D eigenvalue weighted by Gasteiger charge is 2.22. The van der Waals surface area contributed by atoms with Crippen LogP contribution < -0.4 is 0 Å². The van der Waals surface area contributed by atoms with Crippen LogP contribution in [-0.2, 0) is 0 Å². The quantitative estimate of drug-likeness (QED) is 0.173. The number of hydrogen-bond donors (Lipinski definition) is 0. The Kier molecular flexibility index (Phi) is 6.92. The van der Waals surface area contributed by atoms with E-state index in [-0.39, 0.29) is 0 Å². The number of nitrogens with zero attached hydrogens (tertiary/aromatic N) is 8. The summed E-state index contributed by atoms with van der Waals surface area (Å²) in [5.41, 5.74) is 18.1. The number of para-hydroxylation sites is 5. The molecule has 0 fully saturated rings. The maximum atomic E-state index is 6.09. The molecule has 0 saturated carbocycles. The normalized spacial score (nSPS) is 12.1. The summed E-state index contributed by atoms with van der Waals surface area (Å²) < 4.78 is 14.9. The van der Waals surface area contributed by atoms with Gasteiger partial charge in [-0.25, -0.2) is 24.5 Å². The average Bonchev–Trinajstić information content (AvgIpc) is 4.15. The topological polar surface area (TPSA) is 83.4 Å². The summed E-state index contributed by atoms with van der Waals surface area (Å²) in [5.74, 6) is 2.13. The first-order chi connectivity index (χ1) is 31.2. The van der Waals surface area contributed by atoms with Gasteiger partial charge in [-0.2, -0.15) is 0 Å². The third-order valence-electron chi connectivity index (χ3n) is 12.5. The number of hydrogen-bond acceptors (Lipinski definition) is 5. The molecule has 0 aliphatic carbocycles. The van der Waals surface area contributed by atoms with Gasteiger partial charge in [0.25, 0.3) is 0 Å². The van der Waals surface area contributed by atoms with E-state index >= 15 is 0 Å². The Balaban J connectivity index is 0.939. The molecular weight excluding hydrogens is 777 g/mol. The van der Waals surface area contributed by atoms with Gasteiger partial charge in [-0.05, 0) is 106 Å². The predicted octanol–water partition coefficient (Wildman–Crippen LogP) is 12.9. The lowest BCUT2D eigenvalue weighted by atomic mass is 10.00. The van der Waals surface area contributed by atoms with Crippen LogP contribution in [0.25, 0.3) is 123 Å². The molecule has 0 saturated heterocycles. The number of rotatable bonds is 5. The van der Waals surface area contributed by atoms with E-state index in [1.54, 1.807) is 6.20 Å². The second-order valence-corrected chi connectivity index (χ2v) is 16.0. The molecule has 9 nitrogen and oxygen atoms in total. The van der Waals surface area contributed by atoms with Crippen molar-refractivity contribution in [3.05, 3.63) is 194 Å². The highest BCUT2D eigenvalue weighted by atomic mass is 16.3. The van der Waals surface area contributed by atoms with Gasteiger partial charge in [0, 0.05) is 11.1 Å². The Labute approximate surface area is 358 Å². The van der Waals surface area contributed by atoms with E-state index in [1.807, 2.05) is 36.4 Å². The Morgan fingerprint density at radius 1 is 0.365 bits per heavy atom. The first kappa shape index (κ1) is 34.0. The molecule has 0 bridgehead atoms. The van der Waals surface area contributed by atoms with Gasteiger partial charge in [-0.3, -0.25) is 13.4 Å². The molecule has 14 aromatic rings. The minimum Gasteiger partial charge on any atom is -0.453 e. The maximum absolute atomic E-state index is 6.09. The molecule has 8 aromatic carbocycles. The van der Waals surface area contributed by atoms with Crippen LogP contribution in [0.15, 0.2) is 199 Å². The molecule has 0 N–H and O–H groups in total. The van der Waals surface area contributed by atoms with Gasteiger partial charge < -0.3 is 4.42 Å². The fourth-order valence-electron chi connectivity index (χ4n) is 9.53. The molecule has 0 aliphatic heterocycles. The van der Waals surface area contributed by atoms with Crippen LogP contribution in [0.4, 0.5) is 0 Å². The summed E-state index contributed by atoms with van der Waals surface area (Å²) in [6.45, 7) is 0. The number of benzene rings is 8. The zero-order chi connectivity index (χ0) is 41.2. The highest BCUT2D eigenvalue weighted by Crippen LogP contribution is 2.37. The second-order valence-electron chi connectivity index (χ2n) is 16.0. The van der Waals surface area contributed by atoms with Gasteiger partial charge in [0.1, 0.15) is 11.1 Å². The fraction of sp³-hybridized carbons (Fsp3) is 0. The van der Waals surface area contributed by atoms with Crippen LogP contribution in [-0.4, -0.2) is 37.9 Å². The van der Waals surface area contributed by atoms with E-state index in [0.717, 1.165) is 100 Å². The molecule has 0 spiro atoms. The fourth-order valence-corrected chi connectivity index (χ4v) is 9.53. The molecule has 14 rings (SSSR count). The second kappa shape index (κ2) is 12.8. The third-order valence-corrected chi connectivity index (χ3v) is 12.5. The van der Waals surface area contributed by atoms with E-state index in [1.165, 1.54) is 11.1 Å². The molecule has 9 heteroatoms. The standard InChI is InChI=1S/C54H32N8O/c1-2-11-33(12-3-1)34-21-23-35(24-22-34)36-13-10-14-39(29-36)59-45-27-25-37(30-47(45)60-43-18-7-5-16-41(43)56-53(59)60)38-26-28-46-48(31-38)61-44-19-8-6-17-42(44)57-54(61)62(46)52-55-32-50-51(58-52)40-15-4-9-20-49(40)63-50/h1-32H. The maximum Gasteiger partial charge on any atom is 0.237 e. The van der Waals surface area contributed by atoms with Crippen molar-refractivity contribution in [2.45, 2.75) is 0 Å². The van der Waals surface area contributed by atoms with Gasteiger partial charge in [-0.15, -0.1) is 0 Å². The Morgan fingerprint density at radius 3 is 1.62 bits per heavy atom. The largest absolute Gasteiger partial charge is 0.453 e. The SMILES string of the molecule is c1ccc(-c2ccc(-c3cccc(-n4c5ccc(-c6ccc7c(c6)n6c8ccccc8nc6n7-c6ncc7oc8ccccc8c7n6)cc5n5c6ccccc6nc45)c3)cc2)cc1. The summed E-state index contributed by atoms with van der Waals surface area (Å²) >= 11 is 0. The molecule has 0 unspecified atom stereocenters. The molecule has 0 amide bonds. The van der Waals surface area contributed by atoms with Crippen molar-refractivity contribution in [2.75, 3.05) is 0 Å². The van der Waals surface area contributed by atoms with Crippen molar-refractivity contribution < 1.29 is 4.42 Å². The van der Waals surface area contributed by atoms with Crippen molar-refractivity contribution in [2.24, 2.45) is 0 Å². The van der Waals surface area contributed by atoms with E-state index < -0.39 is 0 Å². The third kappa shape index (κ3) is 4.98. The highest BCUT2D eigenvalue weighted by molar-refractivity contribution is 6.03. The zero-order valence-electron chi connectivity index (χ0n) is 33.5. The lowest BCUT2D eigenvalue weighted by Gasteiger charge is -2.10.